The molecule has 0 saturated carbocycles. The second-order valence-corrected chi connectivity index (χ2v) is 7.48. The minimum atomic E-state index is -0.0559. The third-order valence-corrected chi connectivity index (χ3v) is 5.55. The lowest BCUT2D eigenvalue weighted by atomic mass is 10.1. The standard InChI is InChI=1S/C21H17ClN2O2S/c1-14-6-8-15(9-7-14)16-12-27-20-19(16)21(25)24(13-23-20)10-11-26-18-5-3-2-4-17(18)22/h2-9,12-13H,10-11H2,1H3. The van der Waals surface area contributed by atoms with Crippen LogP contribution < -0.4 is 10.3 Å². The van der Waals surface area contributed by atoms with Crippen molar-refractivity contribution in [3.63, 3.8) is 0 Å². The maximum atomic E-state index is 13.0. The summed E-state index contributed by atoms with van der Waals surface area (Å²) in [6.45, 7) is 2.78. The van der Waals surface area contributed by atoms with E-state index in [0.29, 0.717) is 29.3 Å². The van der Waals surface area contributed by atoms with E-state index in [1.54, 1.807) is 23.0 Å². The molecular formula is C21H17ClN2O2S. The van der Waals surface area contributed by atoms with Gasteiger partial charge in [-0.05, 0) is 24.6 Å². The zero-order chi connectivity index (χ0) is 18.8. The minimum Gasteiger partial charge on any atom is -0.490 e. The van der Waals surface area contributed by atoms with Gasteiger partial charge in [0.1, 0.15) is 17.2 Å². The number of thiophene rings is 1. The van der Waals surface area contributed by atoms with E-state index in [1.165, 1.54) is 16.9 Å². The van der Waals surface area contributed by atoms with Crippen LogP contribution in [-0.4, -0.2) is 16.2 Å². The molecule has 0 unspecified atom stereocenters. The normalized spacial score (nSPS) is 11.0. The Bertz CT molecular complexity index is 1150. The Morgan fingerprint density at radius 3 is 2.70 bits per heavy atom. The third-order valence-electron chi connectivity index (χ3n) is 4.35. The summed E-state index contributed by atoms with van der Waals surface area (Å²) in [6, 6.07) is 15.5. The molecule has 0 saturated heterocycles. The maximum absolute atomic E-state index is 13.0. The molecule has 0 aliphatic rings. The van der Waals surface area contributed by atoms with Gasteiger partial charge in [-0.15, -0.1) is 11.3 Å². The summed E-state index contributed by atoms with van der Waals surface area (Å²) in [5.41, 5.74) is 3.08. The fourth-order valence-corrected chi connectivity index (χ4v) is 3.98. The van der Waals surface area contributed by atoms with Gasteiger partial charge in [0.15, 0.2) is 0 Å². The number of rotatable bonds is 5. The van der Waals surface area contributed by atoms with Crippen LogP contribution in [0, 0.1) is 6.92 Å². The first-order valence-electron chi connectivity index (χ1n) is 8.54. The van der Waals surface area contributed by atoms with Crippen LogP contribution >= 0.6 is 22.9 Å². The van der Waals surface area contributed by atoms with Gasteiger partial charge in [-0.25, -0.2) is 4.98 Å². The molecule has 6 heteroatoms. The summed E-state index contributed by atoms with van der Waals surface area (Å²) < 4.78 is 7.29. The number of benzene rings is 2. The SMILES string of the molecule is Cc1ccc(-c2csc3ncn(CCOc4ccccc4Cl)c(=O)c23)cc1. The Morgan fingerprint density at radius 1 is 1.15 bits per heavy atom. The summed E-state index contributed by atoms with van der Waals surface area (Å²) in [5.74, 6) is 0.608. The van der Waals surface area contributed by atoms with Crippen molar-refractivity contribution >= 4 is 33.2 Å². The maximum Gasteiger partial charge on any atom is 0.262 e. The van der Waals surface area contributed by atoms with E-state index in [2.05, 4.69) is 4.98 Å². The number of para-hydroxylation sites is 1. The lowest BCUT2D eigenvalue weighted by Crippen LogP contribution is -2.23. The smallest absolute Gasteiger partial charge is 0.262 e. The lowest BCUT2D eigenvalue weighted by Gasteiger charge is -2.09. The molecule has 0 aliphatic carbocycles. The summed E-state index contributed by atoms with van der Waals surface area (Å²) >= 11 is 7.58. The molecule has 4 nitrogen and oxygen atoms in total. The van der Waals surface area contributed by atoms with Crippen LogP contribution in [0.25, 0.3) is 21.3 Å². The van der Waals surface area contributed by atoms with Crippen LogP contribution in [0.2, 0.25) is 5.02 Å². The van der Waals surface area contributed by atoms with Crippen LogP contribution in [0.4, 0.5) is 0 Å². The van der Waals surface area contributed by atoms with Crippen molar-refractivity contribution in [3.05, 3.63) is 81.2 Å². The van der Waals surface area contributed by atoms with Crippen LogP contribution in [0.15, 0.2) is 65.0 Å². The highest BCUT2D eigenvalue weighted by molar-refractivity contribution is 7.17. The molecule has 0 spiro atoms. The van der Waals surface area contributed by atoms with E-state index in [9.17, 15) is 4.79 Å². The number of aryl methyl sites for hydroxylation is 1. The largest absolute Gasteiger partial charge is 0.490 e. The van der Waals surface area contributed by atoms with Gasteiger partial charge in [0.2, 0.25) is 0 Å². The second-order valence-electron chi connectivity index (χ2n) is 6.22. The number of nitrogens with zero attached hydrogens (tertiary/aromatic N) is 2. The predicted octanol–water partition coefficient (Wildman–Crippen LogP) is 5.17. The first-order valence-corrected chi connectivity index (χ1v) is 9.80. The molecule has 2 aromatic carbocycles. The first-order chi connectivity index (χ1) is 13.1. The number of hydrogen-bond donors (Lipinski definition) is 0. The molecule has 2 heterocycles. The van der Waals surface area contributed by atoms with Crippen molar-refractivity contribution in [2.24, 2.45) is 0 Å². The van der Waals surface area contributed by atoms with Gasteiger partial charge in [-0.2, -0.15) is 0 Å². The quantitative estimate of drug-likeness (QED) is 0.467. The summed E-state index contributed by atoms with van der Waals surface area (Å²) in [7, 11) is 0. The fraction of sp³-hybridized carbons (Fsp3) is 0.143. The molecule has 0 aliphatic heterocycles. The fourth-order valence-electron chi connectivity index (χ4n) is 2.89. The number of fused-ring (bicyclic) bond motifs is 1. The van der Waals surface area contributed by atoms with E-state index in [4.69, 9.17) is 16.3 Å². The van der Waals surface area contributed by atoms with Crippen LogP contribution in [0.5, 0.6) is 5.75 Å². The Hall–Kier alpha value is -2.63. The van der Waals surface area contributed by atoms with E-state index in [0.717, 1.165) is 16.0 Å². The molecule has 4 aromatic rings. The number of ether oxygens (including phenoxy) is 1. The van der Waals surface area contributed by atoms with Crippen LogP contribution in [-0.2, 0) is 6.54 Å². The molecule has 136 valence electrons. The molecule has 0 fully saturated rings. The van der Waals surface area contributed by atoms with E-state index in [1.807, 2.05) is 48.7 Å². The molecule has 4 rings (SSSR count). The Kier molecular flexibility index (Phi) is 4.97. The average Bonchev–Trinajstić information content (AvgIpc) is 3.11. The van der Waals surface area contributed by atoms with Crippen molar-refractivity contribution in [1.29, 1.82) is 0 Å². The number of aromatic nitrogens is 2. The van der Waals surface area contributed by atoms with E-state index < -0.39 is 0 Å². The van der Waals surface area contributed by atoms with Gasteiger partial charge in [0.05, 0.1) is 23.3 Å². The van der Waals surface area contributed by atoms with E-state index >= 15 is 0 Å². The highest BCUT2D eigenvalue weighted by Crippen LogP contribution is 2.30. The van der Waals surface area contributed by atoms with Crippen molar-refractivity contribution in [2.75, 3.05) is 6.61 Å². The molecule has 0 amide bonds. The molecule has 0 radical (unpaired) electrons. The third kappa shape index (κ3) is 3.61. The van der Waals surface area contributed by atoms with Crippen molar-refractivity contribution in [1.82, 2.24) is 9.55 Å². The zero-order valence-corrected chi connectivity index (χ0v) is 16.3. The topological polar surface area (TPSA) is 44.1 Å². The van der Waals surface area contributed by atoms with Gasteiger partial charge in [0, 0.05) is 10.9 Å². The van der Waals surface area contributed by atoms with Gasteiger partial charge in [0.25, 0.3) is 5.56 Å². The van der Waals surface area contributed by atoms with Gasteiger partial charge < -0.3 is 4.74 Å². The Morgan fingerprint density at radius 2 is 1.93 bits per heavy atom. The molecule has 0 bridgehead atoms. The Labute approximate surface area is 165 Å². The lowest BCUT2D eigenvalue weighted by molar-refractivity contribution is 0.296. The summed E-state index contributed by atoms with van der Waals surface area (Å²) in [5, 5.41) is 3.20. The van der Waals surface area contributed by atoms with Crippen molar-refractivity contribution in [2.45, 2.75) is 13.5 Å². The molecule has 0 N–H and O–H groups in total. The molecule has 2 aromatic heterocycles. The van der Waals surface area contributed by atoms with Crippen LogP contribution in [0.1, 0.15) is 5.56 Å². The second kappa shape index (κ2) is 7.55. The summed E-state index contributed by atoms with van der Waals surface area (Å²) in [6.07, 6.45) is 1.58. The van der Waals surface area contributed by atoms with Crippen molar-refractivity contribution in [3.8, 4) is 16.9 Å². The van der Waals surface area contributed by atoms with Gasteiger partial charge in [-0.1, -0.05) is 53.6 Å². The molecule has 27 heavy (non-hydrogen) atoms. The molecule has 0 atom stereocenters. The zero-order valence-electron chi connectivity index (χ0n) is 14.7. The average molecular weight is 397 g/mol. The van der Waals surface area contributed by atoms with Gasteiger partial charge in [-0.3, -0.25) is 9.36 Å². The number of halogens is 1. The van der Waals surface area contributed by atoms with Crippen LogP contribution in [0.3, 0.4) is 0 Å². The Balaban J connectivity index is 1.62. The highest BCUT2D eigenvalue weighted by Gasteiger charge is 2.13. The molecular weight excluding hydrogens is 380 g/mol. The first kappa shape index (κ1) is 17.8. The number of hydrogen-bond acceptors (Lipinski definition) is 4. The predicted molar refractivity (Wildman–Crippen MR) is 111 cm³/mol. The van der Waals surface area contributed by atoms with E-state index in [-0.39, 0.29) is 5.56 Å². The monoisotopic (exact) mass is 396 g/mol. The van der Waals surface area contributed by atoms with Gasteiger partial charge >= 0.3 is 0 Å². The summed E-state index contributed by atoms with van der Waals surface area (Å²) in [4.78, 5) is 18.2. The highest BCUT2D eigenvalue weighted by atomic mass is 35.5. The van der Waals surface area contributed by atoms with Crippen molar-refractivity contribution < 1.29 is 4.74 Å². The minimum absolute atomic E-state index is 0.0559.